The summed E-state index contributed by atoms with van der Waals surface area (Å²) < 4.78 is 1.06. The van der Waals surface area contributed by atoms with Gasteiger partial charge in [-0.25, -0.2) is 0 Å². The van der Waals surface area contributed by atoms with Crippen LogP contribution in [-0.4, -0.2) is 12.5 Å². The van der Waals surface area contributed by atoms with Gasteiger partial charge in [-0.05, 0) is 12.5 Å². The van der Waals surface area contributed by atoms with E-state index in [1.165, 1.54) is 11.3 Å². The molecule has 0 aliphatic carbocycles. The van der Waals surface area contributed by atoms with Gasteiger partial charge in [-0.1, -0.05) is 31.5 Å². The van der Waals surface area contributed by atoms with Crippen LogP contribution in [0.5, 0.6) is 0 Å². The summed E-state index contributed by atoms with van der Waals surface area (Å²) in [5.74, 6) is -0.0582. The van der Waals surface area contributed by atoms with E-state index in [-0.39, 0.29) is 5.91 Å². The second-order valence-electron chi connectivity index (χ2n) is 3.95. The van der Waals surface area contributed by atoms with E-state index in [1.54, 1.807) is 0 Å². The first-order chi connectivity index (χ1) is 8.24. The molecule has 1 aromatic heterocycles. The predicted octanol–water partition coefficient (Wildman–Crippen LogP) is 3.01. The van der Waals surface area contributed by atoms with Crippen molar-refractivity contribution in [2.75, 3.05) is 12.3 Å². The molecular formula is C13H16N2OS. The van der Waals surface area contributed by atoms with Crippen LogP contribution in [0, 0.1) is 0 Å². The number of amides is 1. The predicted molar refractivity (Wildman–Crippen MR) is 73.5 cm³/mol. The van der Waals surface area contributed by atoms with Crippen molar-refractivity contribution in [3.05, 3.63) is 29.1 Å². The normalized spacial score (nSPS) is 10.6. The maximum absolute atomic E-state index is 11.9. The lowest BCUT2D eigenvalue weighted by atomic mass is 10.2. The molecule has 0 spiro atoms. The Kier molecular flexibility index (Phi) is 3.64. The van der Waals surface area contributed by atoms with Crippen molar-refractivity contribution in [3.8, 4) is 0 Å². The number of nitrogen functional groups attached to an aromatic ring is 1. The average Bonchev–Trinajstić information content (AvgIpc) is 2.68. The highest BCUT2D eigenvalue weighted by Gasteiger charge is 2.15. The first kappa shape index (κ1) is 11.9. The first-order valence-electron chi connectivity index (χ1n) is 5.79. The molecule has 90 valence electrons. The lowest BCUT2D eigenvalue weighted by Gasteiger charge is -2.02. The van der Waals surface area contributed by atoms with Crippen LogP contribution in [-0.2, 0) is 0 Å². The van der Waals surface area contributed by atoms with Crippen molar-refractivity contribution in [1.29, 1.82) is 0 Å². The number of nitrogens with one attached hydrogen (secondary N) is 1. The van der Waals surface area contributed by atoms with E-state index >= 15 is 0 Å². The van der Waals surface area contributed by atoms with Crippen LogP contribution in [0.2, 0.25) is 0 Å². The molecule has 0 aliphatic rings. The Morgan fingerprint density at radius 1 is 1.41 bits per heavy atom. The molecule has 0 radical (unpaired) electrons. The van der Waals surface area contributed by atoms with Crippen LogP contribution >= 0.6 is 11.3 Å². The Morgan fingerprint density at radius 2 is 2.18 bits per heavy atom. The first-order valence-corrected chi connectivity index (χ1v) is 6.61. The lowest BCUT2D eigenvalue weighted by molar-refractivity contribution is 0.0958. The van der Waals surface area contributed by atoms with Crippen molar-refractivity contribution < 1.29 is 4.79 Å². The van der Waals surface area contributed by atoms with E-state index in [2.05, 4.69) is 12.2 Å². The fourth-order valence-corrected chi connectivity index (χ4v) is 2.73. The number of carbonyl (C=O) groups excluding carboxylic acids is 1. The summed E-state index contributed by atoms with van der Waals surface area (Å²) in [5, 5.41) is 3.86. The Balaban J connectivity index is 2.23. The van der Waals surface area contributed by atoms with Gasteiger partial charge in [0.25, 0.3) is 5.91 Å². The van der Waals surface area contributed by atoms with Gasteiger partial charge in [0.15, 0.2) is 0 Å². The summed E-state index contributed by atoms with van der Waals surface area (Å²) in [6.45, 7) is 2.81. The van der Waals surface area contributed by atoms with Gasteiger partial charge >= 0.3 is 0 Å². The molecule has 0 saturated carbocycles. The maximum atomic E-state index is 11.9. The van der Waals surface area contributed by atoms with Gasteiger partial charge in [0.2, 0.25) is 0 Å². The van der Waals surface area contributed by atoms with Gasteiger partial charge in [0.05, 0.1) is 5.69 Å². The summed E-state index contributed by atoms with van der Waals surface area (Å²) in [5.41, 5.74) is 6.59. The second kappa shape index (κ2) is 5.19. The van der Waals surface area contributed by atoms with Crippen molar-refractivity contribution in [2.24, 2.45) is 0 Å². The standard InChI is InChI=1S/C13H16N2OS/c1-2-3-8-15-13(16)12-11(14)9-6-4-5-7-10(9)17-12/h4-7H,2-3,8,14H2,1H3,(H,15,16). The molecule has 1 amide bonds. The number of hydrogen-bond acceptors (Lipinski definition) is 3. The van der Waals surface area contributed by atoms with Crippen LogP contribution in [0.4, 0.5) is 5.69 Å². The van der Waals surface area contributed by atoms with Gasteiger partial charge < -0.3 is 11.1 Å². The number of fused-ring (bicyclic) bond motifs is 1. The molecule has 0 unspecified atom stereocenters. The highest BCUT2D eigenvalue weighted by molar-refractivity contribution is 7.21. The van der Waals surface area contributed by atoms with Crippen LogP contribution in [0.25, 0.3) is 10.1 Å². The zero-order valence-electron chi connectivity index (χ0n) is 9.82. The molecular weight excluding hydrogens is 232 g/mol. The van der Waals surface area contributed by atoms with Crippen LogP contribution < -0.4 is 11.1 Å². The molecule has 3 nitrogen and oxygen atoms in total. The third kappa shape index (κ3) is 2.42. The van der Waals surface area contributed by atoms with Crippen LogP contribution in [0.1, 0.15) is 29.4 Å². The summed E-state index contributed by atoms with van der Waals surface area (Å²) in [6, 6.07) is 7.82. The number of anilines is 1. The molecule has 1 heterocycles. The Hall–Kier alpha value is -1.55. The molecule has 4 heteroatoms. The van der Waals surface area contributed by atoms with Crippen LogP contribution in [0.3, 0.4) is 0 Å². The van der Waals surface area contributed by atoms with E-state index in [1.807, 2.05) is 24.3 Å². The molecule has 0 saturated heterocycles. The molecule has 2 rings (SSSR count). The fraction of sp³-hybridized carbons (Fsp3) is 0.308. The molecule has 2 aromatic rings. The minimum atomic E-state index is -0.0582. The number of benzene rings is 1. The van der Waals surface area contributed by atoms with Crippen molar-refractivity contribution in [3.63, 3.8) is 0 Å². The van der Waals surface area contributed by atoms with Gasteiger partial charge in [0, 0.05) is 16.6 Å². The SMILES string of the molecule is CCCCNC(=O)c1sc2ccccc2c1N. The molecule has 0 atom stereocenters. The lowest BCUT2D eigenvalue weighted by Crippen LogP contribution is -2.24. The third-order valence-corrected chi connectivity index (χ3v) is 3.84. The zero-order valence-corrected chi connectivity index (χ0v) is 10.6. The minimum absolute atomic E-state index is 0.0582. The second-order valence-corrected chi connectivity index (χ2v) is 5.00. The third-order valence-electron chi connectivity index (χ3n) is 2.66. The fourth-order valence-electron chi connectivity index (χ4n) is 1.69. The quantitative estimate of drug-likeness (QED) is 0.817. The van der Waals surface area contributed by atoms with E-state index < -0.39 is 0 Å². The number of carbonyl (C=O) groups is 1. The number of unbranched alkanes of at least 4 members (excludes halogenated alkanes) is 1. The zero-order chi connectivity index (χ0) is 12.3. The maximum Gasteiger partial charge on any atom is 0.263 e. The van der Waals surface area contributed by atoms with Crippen molar-refractivity contribution >= 4 is 33.0 Å². The number of nitrogens with two attached hydrogens (primary N) is 1. The topological polar surface area (TPSA) is 55.1 Å². The van der Waals surface area contributed by atoms with Gasteiger partial charge in [-0.3, -0.25) is 4.79 Å². The van der Waals surface area contributed by atoms with Gasteiger partial charge in [0.1, 0.15) is 4.88 Å². The highest BCUT2D eigenvalue weighted by atomic mass is 32.1. The highest BCUT2D eigenvalue weighted by Crippen LogP contribution is 2.33. The minimum Gasteiger partial charge on any atom is -0.397 e. The number of thiophene rings is 1. The Morgan fingerprint density at radius 3 is 2.88 bits per heavy atom. The summed E-state index contributed by atoms with van der Waals surface area (Å²) in [7, 11) is 0. The number of hydrogen-bond donors (Lipinski definition) is 2. The molecule has 0 fully saturated rings. The van der Waals surface area contributed by atoms with E-state index in [0.717, 1.165) is 22.9 Å². The van der Waals surface area contributed by atoms with E-state index in [4.69, 9.17) is 5.73 Å². The molecule has 1 aromatic carbocycles. The van der Waals surface area contributed by atoms with E-state index in [0.29, 0.717) is 17.1 Å². The Bertz CT molecular complexity index is 533. The molecule has 0 bridgehead atoms. The monoisotopic (exact) mass is 248 g/mol. The summed E-state index contributed by atoms with van der Waals surface area (Å²) in [4.78, 5) is 12.6. The molecule has 17 heavy (non-hydrogen) atoms. The van der Waals surface area contributed by atoms with Crippen molar-refractivity contribution in [1.82, 2.24) is 5.32 Å². The van der Waals surface area contributed by atoms with Gasteiger partial charge in [-0.15, -0.1) is 11.3 Å². The number of rotatable bonds is 4. The van der Waals surface area contributed by atoms with E-state index in [9.17, 15) is 4.79 Å². The summed E-state index contributed by atoms with van der Waals surface area (Å²) >= 11 is 1.45. The van der Waals surface area contributed by atoms with Gasteiger partial charge in [-0.2, -0.15) is 0 Å². The van der Waals surface area contributed by atoms with Crippen LogP contribution in [0.15, 0.2) is 24.3 Å². The largest absolute Gasteiger partial charge is 0.397 e. The molecule has 3 N–H and O–H groups in total. The average molecular weight is 248 g/mol. The molecule has 0 aliphatic heterocycles. The summed E-state index contributed by atoms with van der Waals surface area (Å²) in [6.07, 6.45) is 2.07. The van der Waals surface area contributed by atoms with Crippen molar-refractivity contribution in [2.45, 2.75) is 19.8 Å². The smallest absolute Gasteiger partial charge is 0.263 e. The Labute approximate surface area is 105 Å².